The van der Waals surface area contributed by atoms with E-state index in [2.05, 4.69) is 20.6 Å². The third-order valence-corrected chi connectivity index (χ3v) is 4.81. The third kappa shape index (κ3) is 4.71. The summed E-state index contributed by atoms with van der Waals surface area (Å²) in [6.07, 6.45) is 1.12. The highest BCUT2D eigenvalue weighted by Gasteiger charge is 2.34. The molecule has 2 aromatic heterocycles. The summed E-state index contributed by atoms with van der Waals surface area (Å²) in [5.41, 5.74) is -0.373. The van der Waals surface area contributed by atoms with Gasteiger partial charge in [-0.1, -0.05) is 18.2 Å². The average Bonchev–Trinajstić information content (AvgIpc) is 3.59. The lowest BCUT2D eigenvalue weighted by atomic mass is 9.99. The predicted molar refractivity (Wildman–Crippen MR) is 108 cm³/mol. The number of carbonyl (C=O) groups is 2. The molecule has 1 aliphatic carbocycles. The number of benzene rings is 1. The summed E-state index contributed by atoms with van der Waals surface area (Å²) in [6.45, 7) is 0. The van der Waals surface area contributed by atoms with E-state index in [0.717, 1.165) is 18.9 Å². The number of amides is 2. The molecule has 31 heavy (non-hydrogen) atoms. The number of anilines is 2. The van der Waals surface area contributed by atoms with Crippen LogP contribution in [0.5, 0.6) is 0 Å². The molecule has 1 aliphatic rings. The van der Waals surface area contributed by atoms with Gasteiger partial charge in [-0.25, -0.2) is 4.98 Å². The van der Waals surface area contributed by atoms with E-state index in [-0.39, 0.29) is 40.0 Å². The third-order valence-electron chi connectivity index (χ3n) is 4.81. The number of pyridine rings is 2. The normalized spacial score (nSPS) is 13.5. The van der Waals surface area contributed by atoms with Crippen LogP contribution >= 0.6 is 0 Å². The highest BCUT2D eigenvalue weighted by atomic mass is 19.4. The molecule has 3 aromatic rings. The molecule has 1 aromatic carbocycles. The predicted octanol–water partition coefficient (Wildman–Crippen LogP) is 4.76. The van der Waals surface area contributed by atoms with Gasteiger partial charge in [0.15, 0.2) is 0 Å². The molecule has 4 rings (SSSR count). The lowest BCUT2D eigenvalue weighted by Crippen LogP contribution is -2.17. The first-order chi connectivity index (χ1) is 14.8. The van der Waals surface area contributed by atoms with Crippen molar-refractivity contribution in [1.29, 1.82) is 0 Å². The Morgan fingerprint density at radius 1 is 0.968 bits per heavy atom. The first-order valence-corrected chi connectivity index (χ1v) is 9.52. The summed E-state index contributed by atoms with van der Waals surface area (Å²) in [6, 6.07) is 9.39. The minimum atomic E-state index is -4.55. The highest BCUT2D eigenvalue weighted by molar-refractivity contribution is 6.07. The van der Waals surface area contributed by atoms with Gasteiger partial charge in [-0.05, 0) is 42.7 Å². The largest absolute Gasteiger partial charge is 0.417 e. The molecule has 0 bridgehead atoms. The number of halogens is 3. The number of nitrogens with zero attached hydrogens (tertiary/aromatic N) is 2. The fourth-order valence-electron chi connectivity index (χ4n) is 3.10. The number of carbonyl (C=O) groups excluding carboxylic acids is 2. The molecule has 9 heteroatoms. The minimum Gasteiger partial charge on any atom is -0.320 e. The second-order valence-corrected chi connectivity index (χ2v) is 7.11. The Labute approximate surface area is 175 Å². The molecular formula is C22H17F3N4O2. The van der Waals surface area contributed by atoms with E-state index in [1.165, 1.54) is 55.0 Å². The van der Waals surface area contributed by atoms with Crippen molar-refractivity contribution < 1.29 is 22.8 Å². The lowest BCUT2D eigenvalue weighted by molar-refractivity contribution is -0.137. The van der Waals surface area contributed by atoms with Crippen LogP contribution in [0.1, 0.15) is 28.8 Å². The van der Waals surface area contributed by atoms with Crippen molar-refractivity contribution >= 4 is 23.3 Å². The molecule has 158 valence electrons. The number of aromatic nitrogens is 2. The van der Waals surface area contributed by atoms with Crippen LogP contribution in [0.15, 0.2) is 61.1 Å². The molecule has 2 N–H and O–H groups in total. The highest BCUT2D eigenvalue weighted by Crippen LogP contribution is 2.39. The Morgan fingerprint density at radius 3 is 2.48 bits per heavy atom. The van der Waals surface area contributed by atoms with Crippen molar-refractivity contribution in [3.8, 4) is 11.1 Å². The summed E-state index contributed by atoms with van der Waals surface area (Å²) in [4.78, 5) is 32.6. The summed E-state index contributed by atoms with van der Waals surface area (Å²) in [7, 11) is 0. The molecule has 0 radical (unpaired) electrons. The van der Waals surface area contributed by atoms with Gasteiger partial charge in [0.2, 0.25) is 5.91 Å². The van der Waals surface area contributed by atoms with Crippen LogP contribution < -0.4 is 10.6 Å². The Morgan fingerprint density at radius 2 is 1.74 bits per heavy atom. The van der Waals surface area contributed by atoms with Gasteiger partial charge in [0, 0.05) is 29.4 Å². The number of nitrogens with one attached hydrogen (secondary N) is 2. The van der Waals surface area contributed by atoms with E-state index in [9.17, 15) is 22.8 Å². The molecule has 0 unspecified atom stereocenters. The molecule has 1 saturated carbocycles. The first-order valence-electron chi connectivity index (χ1n) is 9.52. The van der Waals surface area contributed by atoms with Crippen LogP contribution in [-0.2, 0) is 11.0 Å². The number of rotatable bonds is 5. The van der Waals surface area contributed by atoms with E-state index in [4.69, 9.17) is 0 Å². The van der Waals surface area contributed by atoms with Gasteiger partial charge >= 0.3 is 6.18 Å². The van der Waals surface area contributed by atoms with E-state index in [0.29, 0.717) is 0 Å². The van der Waals surface area contributed by atoms with Crippen molar-refractivity contribution in [1.82, 2.24) is 9.97 Å². The Bertz CT molecular complexity index is 1140. The number of hydrogen-bond donors (Lipinski definition) is 2. The molecule has 2 heterocycles. The maximum Gasteiger partial charge on any atom is 0.417 e. The van der Waals surface area contributed by atoms with E-state index >= 15 is 0 Å². The van der Waals surface area contributed by atoms with Crippen LogP contribution in [0, 0.1) is 5.92 Å². The van der Waals surface area contributed by atoms with Crippen LogP contribution in [0.25, 0.3) is 11.1 Å². The molecule has 0 spiro atoms. The molecule has 1 fully saturated rings. The maximum absolute atomic E-state index is 13.5. The SMILES string of the molecule is O=C(Nc1cnccc1-c1ccccc1C(F)(F)F)c1ccnc(NC(=O)C2CC2)c1. The smallest absolute Gasteiger partial charge is 0.320 e. The second kappa shape index (κ2) is 8.17. The van der Waals surface area contributed by atoms with Crippen molar-refractivity contribution in [2.24, 2.45) is 5.92 Å². The lowest BCUT2D eigenvalue weighted by Gasteiger charge is -2.16. The molecule has 0 aliphatic heterocycles. The van der Waals surface area contributed by atoms with Crippen molar-refractivity contribution in [2.75, 3.05) is 10.6 Å². The average molecular weight is 426 g/mol. The van der Waals surface area contributed by atoms with Crippen LogP contribution in [0.2, 0.25) is 0 Å². The minimum absolute atomic E-state index is 0.0223. The van der Waals surface area contributed by atoms with Gasteiger partial charge in [0.05, 0.1) is 17.4 Å². The van der Waals surface area contributed by atoms with E-state index < -0.39 is 17.6 Å². The Balaban J connectivity index is 1.60. The van der Waals surface area contributed by atoms with Gasteiger partial charge in [-0.15, -0.1) is 0 Å². The van der Waals surface area contributed by atoms with Crippen molar-refractivity contribution in [3.63, 3.8) is 0 Å². The van der Waals surface area contributed by atoms with Crippen LogP contribution in [0.4, 0.5) is 24.7 Å². The monoisotopic (exact) mass is 426 g/mol. The Kier molecular flexibility index (Phi) is 5.41. The zero-order chi connectivity index (χ0) is 22.0. The molecule has 2 amide bonds. The second-order valence-electron chi connectivity index (χ2n) is 7.11. The maximum atomic E-state index is 13.5. The summed E-state index contributed by atoms with van der Waals surface area (Å²) >= 11 is 0. The zero-order valence-corrected chi connectivity index (χ0v) is 16.1. The summed E-state index contributed by atoms with van der Waals surface area (Å²) in [5.74, 6) is -0.504. The van der Waals surface area contributed by atoms with E-state index in [1.54, 1.807) is 0 Å². The van der Waals surface area contributed by atoms with Gasteiger partial charge in [-0.3, -0.25) is 14.6 Å². The molecule has 0 saturated heterocycles. The zero-order valence-electron chi connectivity index (χ0n) is 16.1. The summed E-state index contributed by atoms with van der Waals surface area (Å²) < 4.78 is 40.4. The fraction of sp³-hybridized carbons (Fsp3) is 0.182. The van der Waals surface area contributed by atoms with Crippen molar-refractivity contribution in [2.45, 2.75) is 19.0 Å². The number of alkyl halides is 3. The fourth-order valence-corrected chi connectivity index (χ4v) is 3.10. The molecular weight excluding hydrogens is 409 g/mol. The quantitative estimate of drug-likeness (QED) is 0.616. The van der Waals surface area contributed by atoms with Gasteiger partial charge in [0.25, 0.3) is 5.91 Å². The first kappa shape index (κ1) is 20.5. The van der Waals surface area contributed by atoms with Gasteiger partial charge in [-0.2, -0.15) is 13.2 Å². The molecule has 6 nitrogen and oxygen atoms in total. The molecule has 0 atom stereocenters. The van der Waals surface area contributed by atoms with Crippen molar-refractivity contribution in [3.05, 3.63) is 72.2 Å². The van der Waals surface area contributed by atoms with Gasteiger partial charge < -0.3 is 10.6 Å². The summed E-state index contributed by atoms with van der Waals surface area (Å²) in [5, 5.41) is 5.27. The standard InChI is InChI=1S/C22H17F3N4O2/c23-22(24,25)17-4-2-1-3-15(17)16-8-9-26-12-18(16)28-21(31)14-7-10-27-19(11-14)29-20(30)13-5-6-13/h1-4,7-13H,5-6H2,(H,28,31)(H,27,29,30). The van der Waals surface area contributed by atoms with E-state index in [1.807, 2.05) is 0 Å². The van der Waals surface area contributed by atoms with Crippen LogP contribution in [-0.4, -0.2) is 21.8 Å². The van der Waals surface area contributed by atoms with Gasteiger partial charge in [0.1, 0.15) is 5.82 Å². The van der Waals surface area contributed by atoms with Crippen LogP contribution in [0.3, 0.4) is 0 Å². The number of hydrogen-bond acceptors (Lipinski definition) is 4. The Hall–Kier alpha value is -3.75. The topological polar surface area (TPSA) is 84.0 Å².